The summed E-state index contributed by atoms with van der Waals surface area (Å²) in [4.78, 5) is 9.64. The molecule has 1 fully saturated rings. The van der Waals surface area contributed by atoms with Crippen LogP contribution < -0.4 is 15.5 Å². The Hall–Kier alpha value is -1.80. The zero-order chi connectivity index (χ0) is 22.0. The van der Waals surface area contributed by atoms with E-state index in [2.05, 4.69) is 56.6 Å². The molecule has 2 rings (SSSR count). The Morgan fingerprint density at radius 2 is 1.97 bits per heavy atom. The number of rotatable bonds is 10. The fraction of sp³-hybridized carbons (Fsp3) is 0.682. The standard InChI is InChI=1S/C22H39N5O2S/c1-5-23-22(25-20(3)10-17-30(4,28)29)24-11-7-12-26-13-15-27(16-14-26)21-9-6-8-19(2)18-21/h6,8-9,18,20H,5,7,10-17H2,1-4H3,(H2,23,24,25). The van der Waals surface area contributed by atoms with Crippen molar-refractivity contribution < 1.29 is 8.42 Å². The van der Waals surface area contributed by atoms with Crippen LogP contribution in [0.15, 0.2) is 29.3 Å². The van der Waals surface area contributed by atoms with Crippen LogP contribution >= 0.6 is 0 Å². The Bertz CT molecular complexity index is 773. The molecule has 1 aliphatic rings. The monoisotopic (exact) mass is 437 g/mol. The van der Waals surface area contributed by atoms with Crippen molar-refractivity contribution in [2.75, 3.05) is 62.7 Å². The van der Waals surface area contributed by atoms with Crippen molar-refractivity contribution in [3.8, 4) is 0 Å². The number of nitrogens with one attached hydrogen (secondary N) is 2. The molecule has 0 saturated carbocycles. The molecule has 0 radical (unpaired) electrons. The molecule has 0 spiro atoms. The van der Waals surface area contributed by atoms with Crippen molar-refractivity contribution >= 4 is 21.5 Å². The first kappa shape index (κ1) is 24.5. The highest BCUT2D eigenvalue weighted by Crippen LogP contribution is 2.17. The summed E-state index contributed by atoms with van der Waals surface area (Å²) in [6, 6.07) is 8.79. The molecule has 8 heteroatoms. The summed E-state index contributed by atoms with van der Waals surface area (Å²) >= 11 is 0. The smallest absolute Gasteiger partial charge is 0.191 e. The zero-order valence-electron chi connectivity index (χ0n) is 19.0. The van der Waals surface area contributed by atoms with Gasteiger partial charge in [0.15, 0.2) is 5.96 Å². The third-order valence-electron chi connectivity index (χ3n) is 5.29. The maximum absolute atomic E-state index is 11.3. The number of benzene rings is 1. The van der Waals surface area contributed by atoms with Gasteiger partial charge in [0, 0.05) is 63.8 Å². The van der Waals surface area contributed by atoms with Crippen LogP contribution in [0.2, 0.25) is 0 Å². The van der Waals surface area contributed by atoms with Gasteiger partial charge in [-0.15, -0.1) is 0 Å². The second-order valence-corrected chi connectivity index (χ2v) is 10.5. The fourth-order valence-electron chi connectivity index (χ4n) is 3.56. The van der Waals surface area contributed by atoms with E-state index in [9.17, 15) is 8.42 Å². The van der Waals surface area contributed by atoms with E-state index in [1.807, 2.05) is 13.8 Å². The fourth-order valence-corrected chi connectivity index (χ4v) is 4.34. The SMILES string of the molecule is CCNC(=NCCCN1CCN(c2cccc(C)c2)CC1)NC(C)CCS(C)(=O)=O. The molecule has 1 aliphatic heterocycles. The van der Waals surface area contributed by atoms with E-state index in [0.717, 1.165) is 58.2 Å². The number of hydrogen-bond donors (Lipinski definition) is 2. The van der Waals surface area contributed by atoms with Crippen LogP contribution in [0.5, 0.6) is 0 Å². The predicted molar refractivity (Wildman–Crippen MR) is 127 cm³/mol. The van der Waals surface area contributed by atoms with Gasteiger partial charge >= 0.3 is 0 Å². The van der Waals surface area contributed by atoms with Crippen molar-refractivity contribution in [3.63, 3.8) is 0 Å². The van der Waals surface area contributed by atoms with Gasteiger partial charge in [-0.3, -0.25) is 9.89 Å². The molecule has 1 aromatic carbocycles. The van der Waals surface area contributed by atoms with Gasteiger partial charge in [-0.25, -0.2) is 8.42 Å². The minimum absolute atomic E-state index is 0.0622. The lowest BCUT2D eigenvalue weighted by Crippen LogP contribution is -2.46. The van der Waals surface area contributed by atoms with Gasteiger partial charge in [0.1, 0.15) is 9.84 Å². The summed E-state index contributed by atoms with van der Waals surface area (Å²) in [5, 5.41) is 6.56. The molecular weight excluding hydrogens is 398 g/mol. The third kappa shape index (κ3) is 9.34. The van der Waals surface area contributed by atoms with Gasteiger partial charge < -0.3 is 15.5 Å². The van der Waals surface area contributed by atoms with Crippen molar-refractivity contribution in [2.45, 2.75) is 39.7 Å². The van der Waals surface area contributed by atoms with Crippen molar-refractivity contribution in [3.05, 3.63) is 29.8 Å². The van der Waals surface area contributed by atoms with E-state index in [0.29, 0.717) is 6.42 Å². The summed E-state index contributed by atoms with van der Waals surface area (Å²) in [6.07, 6.45) is 2.87. The van der Waals surface area contributed by atoms with Crippen molar-refractivity contribution in [2.24, 2.45) is 4.99 Å². The molecule has 1 saturated heterocycles. The first-order valence-electron chi connectivity index (χ1n) is 11.0. The average molecular weight is 438 g/mol. The molecular formula is C22H39N5O2S. The largest absolute Gasteiger partial charge is 0.369 e. The molecule has 0 aliphatic carbocycles. The predicted octanol–water partition coefficient (Wildman–Crippen LogP) is 1.89. The van der Waals surface area contributed by atoms with E-state index in [-0.39, 0.29) is 11.8 Å². The van der Waals surface area contributed by atoms with Gasteiger partial charge in [0.05, 0.1) is 5.75 Å². The molecule has 1 unspecified atom stereocenters. The second-order valence-electron chi connectivity index (χ2n) is 8.25. The highest BCUT2D eigenvalue weighted by atomic mass is 32.2. The van der Waals surface area contributed by atoms with E-state index in [4.69, 9.17) is 0 Å². The Morgan fingerprint density at radius 3 is 2.60 bits per heavy atom. The van der Waals surface area contributed by atoms with Crippen LogP contribution in [0.4, 0.5) is 5.69 Å². The number of guanidine groups is 1. The van der Waals surface area contributed by atoms with Crippen LogP contribution in [0, 0.1) is 6.92 Å². The van der Waals surface area contributed by atoms with E-state index >= 15 is 0 Å². The van der Waals surface area contributed by atoms with Gasteiger partial charge in [0.25, 0.3) is 0 Å². The number of piperazine rings is 1. The maximum atomic E-state index is 11.3. The molecule has 1 atom stereocenters. The lowest BCUT2D eigenvalue weighted by Gasteiger charge is -2.36. The number of hydrogen-bond acceptors (Lipinski definition) is 5. The molecule has 1 heterocycles. The molecule has 1 aromatic rings. The minimum Gasteiger partial charge on any atom is -0.369 e. The quantitative estimate of drug-likeness (QED) is 0.331. The maximum Gasteiger partial charge on any atom is 0.191 e. The van der Waals surface area contributed by atoms with Gasteiger partial charge in [-0.1, -0.05) is 12.1 Å². The molecule has 0 amide bonds. The van der Waals surface area contributed by atoms with Crippen LogP contribution in [-0.4, -0.2) is 83.1 Å². The number of aryl methyl sites for hydroxylation is 1. The molecule has 0 aromatic heterocycles. The lowest BCUT2D eigenvalue weighted by atomic mass is 10.2. The highest BCUT2D eigenvalue weighted by Gasteiger charge is 2.16. The summed E-state index contributed by atoms with van der Waals surface area (Å²) in [5.74, 6) is 0.956. The van der Waals surface area contributed by atoms with Crippen molar-refractivity contribution in [1.82, 2.24) is 15.5 Å². The first-order valence-corrected chi connectivity index (χ1v) is 13.1. The van der Waals surface area contributed by atoms with E-state index < -0.39 is 9.84 Å². The summed E-state index contributed by atoms with van der Waals surface area (Å²) in [7, 11) is -2.93. The van der Waals surface area contributed by atoms with Crippen LogP contribution in [0.1, 0.15) is 32.3 Å². The topological polar surface area (TPSA) is 77.0 Å². The van der Waals surface area contributed by atoms with Crippen LogP contribution in [-0.2, 0) is 9.84 Å². The number of anilines is 1. The molecule has 30 heavy (non-hydrogen) atoms. The van der Waals surface area contributed by atoms with Gasteiger partial charge in [-0.2, -0.15) is 0 Å². The first-order chi connectivity index (χ1) is 14.3. The Kier molecular flexibility index (Phi) is 9.91. The number of nitrogens with zero attached hydrogens (tertiary/aromatic N) is 3. The van der Waals surface area contributed by atoms with Gasteiger partial charge in [0.2, 0.25) is 0 Å². The number of aliphatic imine (C=N–C) groups is 1. The van der Waals surface area contributed by atoms with E-state index in [1.165, 1.54) is 17.5 Å². The third-order valence-corrected chi connectivity index (χ3v) is 6.27. The molecule has 7 nitrogen and oxygen atoms in total. The lowest BCUT2D eigenvalue weighted by molar-refractivity contribution is 0.256. The van der Waals surface area contributed by atoms with Gasteiger partial charge in [-0.05, 0) is 51.3 Å². The average Bonchev–Trinajstić information content (AvgIpc) is 2.70. The Balaban J connectivity index is 1.70. The highest BCUT2D eigenvalue weighted by molar-refractivity contribution is 7.90. The van der Waals surface area contributed by atoms with Crippen LogP contribution in [0.25, 0.3) is 0 Å². The zero-order valence-corrected chi connectivity index (χ0v) is 19.8. The molecule has 170 valence electrons. The summed E-state index contributed by atoms with van der Waals surface area (Å²) in [5.41, 5.74) is 2.63. The summed E-state index contributed by atoms with van der Waals surface area (Å²) < 4.78 is 22.7. The molecule has 2 N–H and O–H groups in total. The van der Waals surface area contributed by atoms with Crippen LogP contribution in [0.3, 0.4) is 0 Å². The van der Waals surface area contributed by atoms with E-state index in [1.54, 1.807) is 0 Å². The Morgan fingerprint density at radius 1 is 1.23 bits per heavy atom. The summed E-state index contributed by atoms with van der Waals surface area (Å²) in [6.45, 7) is 13.0. The second kappa shape index (κ2) is 12.2. The molecule has 0 bridgehead atoms. The normalized spacial score (nSPS) is 17.1. The van der Waals surface area contributed by atoms with Crippen molar-refractivity contribution in [1.29, 1.82) is 0 Å². The Labute approximate surface area is 182 Å². The minimum atomic E-state index is -2.93. The number of sulfone groups is 1.